The van der Waals surface area contributed by atoms with Crippen LogP contribution in [-0.4, -0.2) is 45.6 Å². The summed E-state index contributed by atoms with van der Waals surface area (Å²) in [6.45, 7) is 9.00. The number of aromatic nitrogens is 2. The van der Waals surface area contributed by atoms with Gasteiger partial charge in [-0.25, -0.2) is 9.78 Å². The molecule has 0 saturated heterocycles. The van der Waals surface area contributed by atoms with E-state index in [2.05, 4.69) is 41.7 Å². The van der Waals surface area contributed by atoms with Gasteiger partial charge >= 0.3 is 5.97 Å². The van der Waals surface area contributed by atoms with Crippen molar-refractivity contribution >= 4 is 5.97 Å². The lowest BCUT2D eigenvalue weighted by molar-refractivity contribution is 0.0690. The fourth-order valence-corrected chi connectivity index (χ4v) is 2.22. The van der Waals surface area contributed by atoms with E-state index in [4.69, 9.17) is 9.84 Å². The zero-order chi connectivity index (χ0) is 17.5. The van der Waals surface area contributed by atoms with Gasteiger partial charge in [0.15, 0.2) is 5.69 Å². The zero-order valence-electron chi connectivity index (χ0n) is 14.3. The van der Waals surface area contributed by atoms with Crippen molar-refractivity contribution in [1.29, 1.82) is 0 Å². The SMILES string of the molecule is CCN(CCOc1ccc(C)c(C)c1)Cc1cnc(C(=O)O)cn1. The minimum atomic E-state index is -1.07. The molecule has 0 aliphatic heterocycles. The van der Waals surface area contributed by atoms with Crippen molar-refractivity contribution in [2.75, 3.05) is 19.7 Å². The predicted molar refractivity (Wildman–Crippen MR) is 91.4 cm³/mol. The Kier molecular flexibility index (Phi) is 6.26. The molecule has 128 valence electrons. The highest BCUT2D eigenvalue weighted by molar-refractivity contribution is 5.84. The molecule has 0 aliphatic carbocycles. The average Bonchev–Trinajstić information content (AvgIpc) is 2.57. The third-order valence-corrected chi connectivity index (χ3v) is 3.91. The number of carboxylic acids is 1. The van der Waals surface area contributed by atoms with E-state index < -0.39 is 5.97 Å². The van der Waals surface area contributed by atoms with Crippen LogP contribution in [0.5, 0.6) is 5.75 Å². The van der Waals surface area contributed by atoms with E-state index in [1.807, 2.05) is 12.1 Å². The first-order valence-electron chi connectivity index (χ1n) is 7.96. The average molecular weight is 329 g/mol. The molecule has 0 aliphatic rings. The Morgan fingerprint density at radius 1 is 1.21 bits per heavy atom. The number of rotatable bonds is 8. The number of benzene rings is 1. The van der Waals surface area contributed by atoms with E-state index in [0.29, 0.717) is 13.2 Å². The molecule has 0 fully saturated rings. The number of hydrogen-bond acceptors (Lipinski definition) is 5. The Labute approximate surface area is 142 Å². The Morgan fingerprint density at radius 3 is 2.58 bits per heavy atom. The minimum absolute atomic E-state index is 0.0418. The lowest BCUT2D eigenvalue weighted by atomic mass is 10.1. The summed E-state index contributed by atoms with van der Waals surface area (Å²) >= 11 is 0. The molecular formula is C18H23N3O3. The first kappa shape index (κ1) is 17.9. The normalized spacial score (nSPS) is 10.8. The lowest BCUT2D eigenvalue weighted by Crippen LogP contribution is -2.28. The largest absolute Gasteiger partial charge is 0.492 e. The summed E-state index contributed by atoms with van der Waals surface area (Å²) in [6.07, 6.45) is 2.80. The van der Waals surface area contributed by atoms with Gasteiger partial charge < -0.3 is 9.84 Å². The first-order chi connectivity index (χ1) is 11.5. The molecule has 1 heterocycles. The van der Waals surface area contributed by atoms with Crippen molar-refractivity contribution < 1.29 is 14.6 Å². The van der Waals surface area contributed by atoms with Crippen LogP contribution in [0.3, 0.4) is 0 Å². The predicted octanol–water partition coefficient (Wildman–Crippen LogP) is 2.69. The maximum atomic E-state index is 10.8. The van der Waals surface area contributed by atoms with Crippen LogP contribution in [0, 0.1) is 13.8 Å². The monoisotopic (exact) mass is 329 g/mol. The Morgan fingerprint density at radius 2 is 2.00 bits per heavy atom. The second-order valence-corrected chi connectivity index (χ2v) is 5.66. The number of aryl methyl sites for hydroxylation is 2. The second kappa shape index (κ2) is 8.40. The molecule has 0 radical (unpaired) electrons. The van der Waals surface area contributed by atoms with Crippen LogP contribution in [0.15, 0.2) is 30.6 Å². The van der Waals surface area contributed by atoms with Gasteiger partial charge in [-0.3, -0.25) is 9.88 Å². The molecule has 1 aromatic carbocycles. The summed E-state index contributed by atoms with van der Waals surface area (Å²) in [5.74, 6) is -0.192. The van der Waals surface area contributed by atoms with Crippen LogP contribution in [0.1, 0.15) is 34.2 Å². The summed E-state index contributed by atoms with van der Waals surface area (Å²) in [7, 11) is 0. The highest BCUT2D eigenvalue weighted by Gasteiger charge is 2.08. The van der Waals surface area contributed by atoms with Crippen LogP contribution in [0.25, 0.3) is 0 Å². The van der Waals surface area contributed by atoms with Crippen LogP contribution >= 0.6 is 0 Å². The van der Waals surface area contributed by atoms with Crippen molar-refractivity contribution in [2.24, 2.45) is 0 Å². The van der Waals surface area contributed by atoms with Gasteiger partial charge in [0.2, 0.25) is 0 Å². The van der Waals surface area contributed by atoms with Gasteiger partial charge in [-0.2, -0.15) is 0 Å². The summed E-state index contributed by atoms with van der Waals surface area (Å²) in [5, 5.41) is 8.84. The number of ether oxygens (including phenoxy) is 1. The fraction of sp³-hybridized carbons (Fsp3) is 0.389. The van der Waals surface area contributed by atoms with Gasteiger partial charge in [0.25, 0.3) is 0 Å². The van der Waals surface area contributed by atoms with Crippen molar-refractivity contribution in [3.8, 4) is 5.75 Å². The molecule has 6 nitrogen and oxygen atoms in total. The molecule has 0 saturated carbocycles. The van der Waals surface area contributed by atoms with E-state index >= 15 is 0 Å². The van der Waals surface area contributed by atoms with Crippen molar-refractivity contribution in [3.05, 3.63) is 53.1 Å². The number of carboxylic acid groups (broad SMARTS) is 1. The van der Waals surface area contributed by atoms with Crippen LogP contribution in [0.4, 0.5) is 0 Å². The Bertz CT molecular complexity index is 686. The molecule has 0 spiro atoms. The Balaban J connectivity index is 1.85. The maximum absolute atomic E-state index is 10.8. The third kappa shape index (κ3) is 5.03. The number of aromatic carboxylic acids is 1. The molecule has 0 bridgehead atoms. The lowest BCUT2D eigenvalue weighted by Gasteiger charge is -2.20. The molecule has 1 aromatic heterocycles. The molecule has 24 heavy (non-hydrogen) atoms. The van der Waals surface area contributed by atoms with Gasteiger partial charge in [-0.05, 0) is 43.7 Å². The van der Waals surface area contributed by atoms with Crippen LogP contribution in [0.2, 0.25) is 0 Å². The fourth-order valence-electron chi connectivity index (χ4n) is 2.22. The highest BCUT2D eigenvalue weighted by Crippen LogP contribution is 2.16. The molecule has 0 unspecified atom stereocenters. The third-order valence-electron chi connectivity index (χ3n) is 3.91. The van der Waals surface area contributed by atoms with E-state index in [0.717, 1.165) is 24.5 Å². The van der Waals surface area contributed by atoms with Gasteiger partial charge in [0.05, 0.1) is 18.1 Å². The maximum Gasteiger partial charge on any atom is 0.356 e. The van der Waals surface area contributed by atoms with Crippen LogP contribution in [-0.2, 0) is 6.54 Å². The van der Waals surface area contributed by atoms with Gasteiger partial charge in [0, 0.05) is 13.1 Å². The molecule has 6 heteroatoms. The highest BCUT2D eigenvalue weighted by atomic mass is 16.5. The molecule has 2 aromatic rings. The molecule has 2 rings (SSSR count). The number of carbonyl (C=O) groups is 1. The van der Waals surface area contributed by atoms with Crippen molar-refractivity contribution in [2.45, 2.75) is 27.3 Å². The quantitative estimate of drug-likeness (QED) is 0.802. The smallest absolute Gasteiger partial charge is 0.356 e. The summed E-state index contributed by atoms with van der Waals surface area (Å²) in [4.78, 5) is 21.0. The standard InChI is InChI=1S/C18H23N3O3/c1-4-21(12-15-10-20-17(11-19-15)18(22)23)7-8-24-16-6-5-13(2)14(3)9-16/h5-6,9-11H,4,7-8,12H2,1-3H3,(H,22,23). The van der Waals surface area contributed by atoms with Gasteiger partial charge in [0.1, 0.15) is 12.4 Å². The van der Waals surface area contributed by atoms with Crippen LogP contribution < -0.4 is 4.74 Å². The molecule has 0 amide bonds. The zero-order valence-corrected chi connectivity index (χ0v) is 14.3. The topological polar surface area (TPSA) is 75.5 Å². The van der Waals surface area contributed by atoms with E-state index in [1.54, 1.807) is 0 Å². The molecule has 0 atom stereocenters. The number of hydrogen-bond donors (Lipinski definition) is 1. The number of likely N-dealkylation sites (N-methyl/N-ethyl adjacent to an activating group) is 1. The van der Waals surface area contributed by atoms with E-state index in [9.17, 15) is 4.79 Å². The van der Waals surface area contributed by atoms with Gasteiger partial charge in [-0.1, -0.05) is 13.0 Å². The molecule has 1 N–H and O–H groups in total. The summed E-state index contributed by atoms with van der Waals surface area (Å²) < 4.78 is 5.81. The molecular weight excluding hydrogens is 306 g/mol. The van der Waals surface area contributed by atoms with E-state index in [-0.39, 0.29) is 5.69 Å². The second-order valence-electron chi connectivity index (χ2n) is 5.66. The minimum Gasteiger partial charge on any atom is -0.492 e. The van der Waals surface area contributed by atoms with Gasteiger partial charge in [-0.15, -0.1) is 0 Å². The first-order valence-corrected chi connectivity index (χ1v) is 7.96. The summed E-state index contributed by atoms with van der Waals surface area (Å²) in [6, 6.07) is 6.08. The Hall–Kier alpha value is -2.47. The number of nitrogens with zero attached hydrogens (tertiary/aromatic N) is 3. The summed E-state index contributed by atoms with van der Waals surface area (Å²) in [5.41, 5.74) is 3.17. The van der Waals surface area contributed by atoms with Crippen molar-refractivity contribution in [3.63, 3.8) is 0 Å². The van der Waals surface area contributed by atoms with E-state index in [1.165, 1.54) is 23.5 Å². The van der Waals surface area contributed by atoms with Crippen molar-refractivity contribution in [1.82, 2.24) is 14.9 Å².